The average Bonchev–Trinajstić information content (AvgIpc) is 2.63. The molecule has 0 aliphatic carbocycles. The molecule has 2 unspecified atom stereocenters. The summed E-state index contributed by atoms with van der Waals surface area (Å²) < 4.78 is 0. The van der Waals surface area contributed by atoms with Gasteiger partial charge in [-0.1, -0.05) is 23.8 Å². The van der Waals surface area contributed by atoms with E-state index < -0.39 is 0 Å². The van der Waals surface area contributed by atoms with Crippen LogP contribution in [0, 0.1) is 0 Å². The Balaban J connectivity index is 1.67. The van der Waals surface area contributed by atoms with Crippen molar-refractivity contribution in [2.75, 3.05) is 10.1 Å². The van der Waals surface area contributed by atoms with Crippen molar-refractivity contribution in [3.8, 4) is 11.5 Å². The quantitative estimate of drug-likeness (QED) is 0.493. The number of benzene rings is 2. The smallest absolute Gasteiger partial charge is 0.116 e. The summed E-state index contributed by atoms with van der Waals surface area (Å²) in [4.78, 5) is 12.1. The van der Waals surface area contributed by atoms with E-state index >= 15 is 0 Å². The van der Waals surface area contributed by atoms with Crippen molar-refractivity contribution in [1.82, 2.24) is 0 Å². The van der Waals surface area contributed by atoms with Crippen molar-refractivity contribution >= 4 is 11.4 Å². The van der Waals surface area contributed by atoms with Crippen LogP contribution in [-0.4, -0.2) is 21.3 Å². The molecule has 4 rings (SSSR count). The van der Waals surface area contributed by atoms with Gasteiger partial charge in [0.25, 0.3) is 0 Å². The average molecular weight is 413 g/mol. The number of hydroxylamine groups is 2. The Morgan fingerprint density at radius 3 is 1.47 bits per heavy atom. The van der Waals surface area contributed by atoms with Crippen LogP contribution >= 0.6 is 0 Å². The lowest BCUT2D eigenvalue weighted by Crippen LogP contribution is -2.53. The molecule has 0 fully saturated rings. The summed E-state index contributed by atoms with van der Waals surface area (Å²) in [7, 11) is 0. The van der Waals surface area contributed by atoms with Crippen LogP contribution in [0.4, 0.5) is 11.4 Å². The van der Waals surface area contributed by atoms with Gasteiger partial charge in [-0.2, -0.15) is 0 Å². The van der Waals surface area contributed by atoms with Gasteiger partial charge in [0, 0.05) is 0 Å². The number of anilines is 2. The molecule has 0 saturated carbocycles. The van der Waals surface area contributed by atoms with Crippen LogP contribution in [0.3, 0.4) is 0 Å². The van der Waals surface area contributed by atoms with Gasteiger partial charge in [-0.05, 0) is 99.9 Å². The molecule has 0 bridgehead atoms. The van der Waals surface area contributed by atoms with Crippen LogP contribution in [0.1, 0.15) is 77.3 Å². The number of fused-ring (bicyclic) bond motifs is 2. The molecule has 2 aromatic rings. The summed E-state index contributed by atoms with van der Waals surface area (Å²) in [5, 5.41) is 23.5. The summed E-state index contributed by atoms with van der Waals surface area (Å²) in [6, 6.07) is 10.7. The van der Waals surface area contributed by atoms with Crippen LogP contribution in [-0.2, 0) is 9.98 Å². The number of phenols is 2. The van der Waals surface area contributed by atoms with Crippen LogP contribution in [0.25, 0.3) is 0 Å². The first-order chi connectivity index (χ1) is 14.0. The molecule has 0 amide bonds. The third-order valence-corrected chi connectivity index (χ3v) is 6.42. The number of hydrogen-bond acceptors (Lipinski definition) is 6. The standard InChI is InChI=1S/C24H32N2O4/c1-15-13-23(3,4)25(21-9-7-17(27)11-19(15)21)29-30-26-22-10-8-18(28)12-20(22)16(2)14-24(26,5)6/h7-12,15-16,27-28H,13-14H2,1-6H3. The van der Waals surface area contributed by atoms with Gasteiger partial charge in [-0.25, -0.2) is 10.1 Å². The fourth-order valence-electron chi connectivity index (χ4n) is 5.13. The summed E-state index contributed by atoms with van der Waals surface area (Å²) in [5.74, 6) is 1.08. The molecular weight excluding hydrogens is 380 g/mol. The highest BCUT2D eigenvalue weighted by atomic mass is 17.3. The summed E-state index contributed by atoms with van der Waals surface area (Å²) in [6.07, 6.45) is 1.72. The summed E-state index contributed by atoms with van der Waals surface area (Å²) in [6.45, 7) is 12.8. The van der Waals surface area contributed by atoms with Crippen molar-refractivity contribution < 1.29 is 20.2 Å². The Labute approximate surface area is 178 Å². The van der Waals surface area contributed by atoms with Gasteiger partial charge in [-0.15, -0.1) is 0 Å². The minimum absolute atomic E-state index is 0.251. The fraction of sp³-hybridized carbons (Fsp3) is 0.500. The second kappa shape index (κ2) is 7.06. The molecular formula is C24H32N2O4. The predicted octanol–water partition coefficient (Wildman–Crippen LogP) is 5.76. The molecule has 162 valence electrons. The highest BCUT2D eigenvalue weighted by Crippen LogP contribution is 2.47. The first-order valence-corrected chi connectivity index (χ1v) is 10.6. The molecule has 2 atom stereocenters. The maximum absolute atomic E-state index is 9.96. The van der Waals surface area contributed by atoms with Crippen molar-refractivity contribution in [3.05, 3.63) is 47.5 Å². The lowest BCUT2D eigenvalue weighted by atomic mass is 9.81. The minimum atomic E-state index is -0.297. The number of hydrogen-bond donors (Lipinski definition) is 2. The monoisotopic (exact) mass is 412 g/mol. The topological polar surface area (TPSA) is 65.4 Å². The van der Waals surface area contributed by atoms with Gasteiger partial charge in [-0.3, -0.25) is 0 Å². The van der Waals surface area contributed by atoms with Gasteiger partial charge in [0.1, 0.15) is 11.5 Å². The molecule has 2 aliphatic heterocycles. The van der Waals surface area contributed by atoms with E-state index in [1.807, 2.05) is 12.1 Å². The minimum Gasteiger partial charge on any atom is -0.508 e. The Bertz CT molecular complexity index is 879. The number of aromatic hydroxyl groups is 2. The number of nitrogens with zero attached hydrogens (tertiary/aromatic N) is 2. The second-order valence-corrected chi connectivity index (χ2v) is 10.1. The highest BCUT2D eigenvalue weighted by Gasteiger charge is 2.42. The van der Waals surface area contributed by atoms with Crippen molar-refractivity contribution in [1.29, 1.82) is 0 Å². The van der Waals surface area contributed by atoms with E-state index in [1.165, 1.54) is 0 Å². The molecule has 2 aliphatic rings. The molecule has 0 spiro atoms. The first kappa shape index (κ1) is 20.8. The number of rotatable bonds is 3. The molecule has 6 heteroatoms. The zero-order valence-corrected chi connectivity index (χ0v) is 18.6. The lowest BCUT2D eigenvalue weighted by molar-refractivity contribution is -0.334. The van der Waals surface area contributed by atoms with Gasteiger partial charge in [0.05, 0.1) is 22.5 Å². The second-order valence-electron chi connectivity index (χ2n) is 10.1. The van der Waals surface area contributed by atoms with E-state index in [-0.39, 0.29) is 34.4 Å². The van der Waals surface area contributed by atoms with E-state index in [4.69, 9.17) is 9.98 Å². The maximum Gasteiger partial charge on any atom is 0.116 e. The molecule has 2 aromatic carbocycles. The van der Waals surface area contributed by atoms with E-state index in [0.29, 0.717) is 0 Å². The maximum atomic E-state index is 9.96. The van der Waals surface area contributed by atoms with Crippen LogP contribution < -0.4 is 10.1 Å². The number of phenolic OH excluding ortho intramolecular Hbond substituents is 2. The van der Waals surface area contributed by atoms with Crippen LogP contribution in [0.5, 0.6) is 11.5 Å². The SMILES string of the molecule is CC1CC(C)(C)N(OON2c3ccc(O)cc3C(C)CC2(C)C)c2ccc(O)cc21. The Morgan fingerprint density at radius 1 is 0.733 bits per heavy atom. The van der Waals surface area contributed by atoms with Crippen LogP contribution in [0.2, 0.25) is 0 Å². The molecule has 2 heterocycles. The zero-order valence-electron chi connectivity index (χ0n) is 18.6. The molecule has 6 nitrogen and oxygen atoms in total. The van der Waals surface area contributed by atoms with Gasteiger partial charge >= 0.3 is 0 Å². The third-order valence-electron chi connectivity index (χ3n) is 6.42. The molecule has 30 heavy (non-hydrogen) atoms. The largest absolute Gasteiger partial charge is 0.508 e. The molecule has 2 N–H and O–H groups in total. The molecule has 0 aromatic heterocycles. The summed E-state index contributed by atoms with van der Waals surface area (Å²) >= 11 is 0. The Kier molecular flexibility index (Phi) is 4.90. The summed E-state index contributed by atoms with van der Waals surface area (Å²) in [5.41, 5.74) is 3.27. The Hall–Kier alpha value is -2.44. The van der Waals surface area contributed by atoms with Gasteiger partial charge < -0.3 is 10.2 Å². The first-order valence-electron chi connectivity index (χ1n) is 10.6. The normalized spacial score (nSPS) is 24.3. The van der Waals surface area contributed by atoms with Crippen molar-refractivity contribution in [2.24, 2.45) is 0 Å². The third kappa shape index (κ3) is 3.48. The fourth-order valence-corrected chi connectivity index (χ4v) is 5.13. The highest BCUT2D eigenvalue weighted by molar-refractivity contribution is 5.61. The van der Waals surface area contributed by atoms with E-state index in [2.05, 4.69) is 41.5 Å². The van der Waals surface area contributed by atoms with Crippen molar-refractivity contribution in [3.63, 3.8) is 0 Å². The van der Waals surface area contributed by atoms with Gasteiger partial charge in [0.2, 0.25) is 0 Å². The molecule has 0 radical (unpaired) electrons. The van der Waals surface area contributed by atoms with Crippen molar-refractivity contribution in [2.45, 2.75) is 77.3 Å². The van der Waals surface area contributed by atoms with E-state index in [9.17, 15) is 10.2 Å². The zero-order chi connectivity index (χ0) is 21.8. The predicted molar refractivity (Wildman–Crippen MR) is 118 cm³/mol. The molecule has 0 saturated heterocycles. The van der Waals surface area contributed by atoms with E-state index in [0.717, 1.165) is 35.3 Å². The lowest BCUT2D eigenvalue weighted by Gasteiger charge is -2.48. The van der Waals surface area contributed by atoms with E-state index in [1.54, 1.807) is 34.4 Å². The van der Waals surface area contributed by atoms with Crippen LogP contribution in [0.15, 0.2) is 36.4 Å². The Morgan fingerprint density at radius 2 is 1.10 bits per heavy atom. The van der Waals surface area contributed by atoms with Gasteiger partial charge in [0.15, 0.2) is 0 Å².